The number of piperidine rings is 2. The summed E-state index contributed by atoms with van der Waals surface area (Å²) in [6.45, 7) is 6.14. The molecule has 0 radical (unpaired) electrons. The Hall–Kier alpha value is -1.73. The van der Waals surface area contributed by atoms with Crippen molar-refractivity contribution in [2.24, 2.45) is 5.92 Å². The number of nitrogens with zero attached hydrogens (tertiary/aromatic N) is 4. The maximum atomic E-state index is 12.5. The van der Waals surface area contributed by atoms with Crippen molar-refractivity contribution in [3.63, 3.8) is 0 Å². The number of rotatable bonds is 6. The molecule has 0 atom stereocenters. The van der Waals surface area contributed by atoms with E-state index in [-0.39, 0.29) is 11.8 Å². The molecule has 2 aromatic heterocycles. The molecule has 2 aromatic rings. The third-order valence-corrected chi connectivity index (χ3v) is 6.63. The Kier molecular flexibility index (Phi) is 6.19. The van der Waals surface area contributed by atoms with Gasteiger partial charge in [0.05, 0.1) is 5.39 Å². The first-order valence-electron chi connectivity index (χ1n) is 10.2. The molecule has 6 nitrogen and oxygen atoms in total. The van der Waals surface area contributed by atoms with Crippen LogP contribution in [0.5, 0.6) is 0 Å². The molecule has 4 heterocycles. The first-order valence-corrected chi connectivity index (χ1v) is 11.1. The number of carbonyl (C=O) groups is 1. The second-order valence-electron chi connectivity index (χ2n) is 7.64. The monoisotopic (exact) mass is 387 g/mol. The predicted octanol–water partition coefficient (Wildman–Crippen LogP) is 2.90. The van der Waals surface area contributed by atoms with Crippen LogP contribution < -0.4 is 10.2 Å². The molecule has 0 saturated carbocycles. The molecule has 0 aliphatic carbocycles. The number of anilines is 1. The number of carbonyl (C=O) groups excluding carboxylic acids is 1. The predicted molar refractivity (Wildman–Crippen MR) is 110 cm³/mol. The van der Waals surface area contributed by atoms with Gasteiger partial charge in [0, 0.05) is 25.6 Å². The highest BCUT2D eigenvalue weighted by atomic mass is 32.1. The van der Waals surface area contributed by atoms with E-state index in [0.29, 0.717) is 0 Å². The first kappa shape index (κ1) is 18.6. The highest BCUT2D eigenvalue weighted by Gasteiger charge is 2.26. The van der Waals surface area contributed by atoms with E-state index in [1.165, 1.54) is 32.4 Å². The quantitative estimate of drug-likeness (QED) is 0.772. The Bertz CT molecular complexity index is 750. The molecular formula is C20H29N5OS. The molecular weight excluding hydrogens is 358 g/mol. The molecule has 0 aromatic carbocycles. The van der Waals surface area contributed by atoms with Crippen molar-refractivity contribution in [3.8, 4) is 0 Å². The van der Waals surface area contributed by atoms with Crippen molar-refractivity contribution in [3.05, 3.63) is 17.8 Å². The van der Waals surface area contributed by atoms with Crippen molar-refractivity contribution in [2.45, 2.75) is 38.5 Å². The molecule has 146 valence electrons. The summed E-state index contributed by atoms with van der Waals surface area (Å²) in [7, 11) is 0. The van der Waals surface area contributed by atoms with Gasteiger partial charge in [0.2, 0.25) is 5.91 Å². The van der Waals surface area contributed by atoms with Crippen LogP contribution in [0.15, 0.2) is 17.8 Å². The zero-order chi connectivity index (χ0) is 18.5. The maximum absolute atomic E-state index is 12.5. The van der Waals surface area contributed by atoms with Gasteiger partial charge in [-0.15, -0.1) is 11.3 Å². The van der Waals surface area contributed by atoms with Crippen LogP contribution in [0.1, 0.15) is 38.5 Å². The highest BCUT2D eigenvalue weighted by molar-refractivity contribution is 7.16. The van der Waals surface area contributed by atoms with Crippen LogP contribution in [0.4, 0.5) is 5.82 Å². The number of fused-ring (bicyclic) bond motifs is 1. The molecule has 7 heteroatoms. The van der Waals surface area contributed by atoms with Gasteiger partial charge in [0.15, 0.2) is 0 Å². The van der Waals surface area contributed by atoms with Crippen molar-refractivity contribution in [2.75, 3.05) is 44.2 Å². The van der Waals surface area contributed by atoms with Gasteiger partial charge < -0.3 is 15.1 Å². The third kappa shape index (κ3) is 4.58. The summed E-state index contributed by atoms with van der Waals surface area (Å²) in [5.41, 5.74) is 0. The van der Waals surface area contributed by atoms with E-state index in [0.717, 1.165) is 61.5 Å². The van der Waals surface area contributed by atoms with E-state index in [9.17, 15) is 4.79 Å². The Morgan fingerprint density at radius 2 is 1.96 bits per heavy atom. The number of hydrogen-bond donors (Lipinski definition) is 1. The zero-order valence-electron chi connectivity index (χ0n) is 15.9. The van der Waals surface area contributed by atoms with Crippen LogP contribution in [0.25, 0.3) is 10.2 Å². The Labute approximate surface area is 165 Å². The fourth-order valence-corrected chi connectivity index (χ4v) is 4.95. The minimum Gasteiger partial charge on any atom is -0.356 e. The normalized spacial score (nSPS) is 19.5. The summed E-state index contributed by atoms with van der Waals surface area (Å²) in [6, 6.07) is 2.09. The number of thiophene rings is 1. The molecule has 1 N–H and O–H groups in total. The number of hydrogen-bond acceptors (Lipinski definition) is 6. The van der Waals surface area contributed by atoms with Gasteiger partial charge in [-0.05, 0) is 63.2 Å². The summed E-state index contributed by atoms with van der Waals surface area (Å²) in [5, 5.41) is 6.35. The Morgan fingerprint density at radius 3 is 2.78 bits per heavy atom. The van der Waals surface area contributed by atoms with E-state index in [1.54, 1.807) is 17.7 Å². The average Bonchev–Trinajstić information content (AvgIpc) is 3.21. The molecule has 2 fully saturated rings. The molecule has 2 aliphatic heterocycles. The highest BCUT2D eigenvalue weighted by Crippen LogP contribution is 2.29. The standard InChI is InChI=1S/C20H29N5OS/c26-19(21-8-4-11-24-9-2-1-3-10-24)16-5-12-25(13-6-16)18-17-7-14-27-20(17)23-15-22-18/h7,14-16H,1-6,8-13H2,(H,21,26). The lowest BCUT2D eigenvalue weighted by Gasteiger charge is -2.32. The van der Waals surface area contributed by atoms with Crippen LogP contribution in [0.2, 0.25) is 0 Å². The van der Waals surface area contributed by atoms with E-state index in [4.69, 9.17) is 0 Å². The van der Waals surface area contributed by atoms with Crippen LogP contribution in [0.3, 0.4) is 0 Å². The number of nitrogens with one attached hydrogen (secondary N) is 1. The largest absolute Gasteiger partial charge is 0.356 e. The second kappa shape index (κ2) is 8.97. The van der Waals surface area contributed by atoms with Gasteiger partial charge >= 0.3 is 0 Å². The van der Waals surface area contributed by atoms with E-state index in [2.05, 4.69) is 36.5 Å². The third-order valence-electron chi connectivity index (χ3n) is 5.81. The van der Waals surface area contributed by atoms with Crippen molar-refractivity contribution in [1.82, 2.24) is 20.2 Å². The van der Waals surface area contributed by atoms with E-state index in [1.807, 2.05) is 0 Å². The Balaban J connectivity index is 1.20. The summed E-state index contributed by atoms with van der Waals surface area (Å²) in [4.78, 5) is 27.2. The van der Waals surface area contributed by atoms with Crippen LogP contribution >= 0.6 is 11.3 Å². The lowest BCUT2D eigenvalue weighted by Crippen LogP contribution is -2.41. The van der Waals surface area contributed by atoms with Crippen molar-refractivity contribution in [1.29, 1.82) is 0 Å². The summed E-state index contributed by atoms with van der Waals surface area (Å²) in [5.74, 6) is 1.38. The smallest absolute Gasteiger partial charge is 0.223 e. The van der Waals surface area contributed by atoms with Crippen LogP contribution in [0, 0.1) is 5.92 Å². The molecule has 0 unspecified atom stereocenters. The number of likely N-dealkylation sites (tertiary alicyclic amines) is 1. The lowest BCUT2D eigenvalue weighted by molar-refractivity contribution is -0.125. The minimum atomic E-state index is 0.135. The summed E-state index contributed by atoms with van der Waals surface area (Å²) in [6.07, 6.45) is 8.53. The number of aromatic nitrogens is 2. The minimum absolute atomic E-state index is 0.135. The van der Waals surface area contributed by atoms with Crippen molar-refractivity contribution < 1.29 is 4.79 Å². The molecule has 1 amide bonds. The fourth-order valence-electron chi connectivity index (χ4n) is 4.22. The van der Waals surface area contributed by atoms with Gasteiger partial charge in [0.25, 0.3) is 0 Å². The van der Waals surface area contributed by atoms with Gasteiger partial charge in [0.1, 0.15) is 17.0 Å². The zero-order valence-corrected chi connectivity index (χ0v) is 16.7. The second-order valence-corrected chi connectivity index (χ2v) is 8.54. The maximum Gasteiger partial charge on any atom is 0.223 e. The topological polar surface area (TPSA) is 61.4 Å². The van der Waals surface area contributed by atoms with Gasteiger partial charge in [-0.1, -0.05) is 6.42 Å². The average molecular weight is 388 g/mol. The van der Waals surface area contributed by atoms with Crippen LogP contribution in [-0.2, 0) is 4.79 Å². The van der Waals surface area contributed by atoms with E-state index >= 15 is 0 Å². The molecule has 0 bridgehead atoms. The van der Waals surface area contributed by atoms with Crippen LogP contribution in [-0.4, -0.2) is 60.0 Å². The Morgan fingerprint density at radius 1 is 1.15 bits per heavy atom. The molecule has 0 spiro atoms. The van der Waals surface area contributed by atoms with Gasteiger partial charge in [-0.2, -0.15) is 0 Å². The first-order chi connectivity index (χ1) is 13.3. The molecule has 2 aliphatic rings. The summed E-state index contributed by atoms with van der Waals surface area (Å²) >= 11 is 1.65. The molecule has 2 saturated heterocycles. The van der Waals surface area contributed by atoms with E-state index < -0.39 is 0 Å². The van der Waals surface area contributed by atoms with Gasteiger partial charge in [-0.25, -0.2) is 9.97 Å². The molecule has 4 rings (SSSR count). The lowest BCUT2D eigenvalue weighted by atomic mass is 9.95. The SMILES string of the molecule is O=C(NCCCN1CCCCC1)C1CCN(c2ncnc3sccc23)CC1. The van der Waals surface area contributed by atoms with Gasteiger partial charge in [-0.3, -0.25) is 4.79 Å². The fraction of sp³-hybridized carbons (Fsp3) is 0.650. The van der Waals surface area contributed by atoms with Crippen molar-refractivity contribution >= 4 is 33.3 Å². The number of amides is 1. The molecule has 27 heavy (non-hydrogen) atoms. The summed E-state index contributed by atoms with van der Waals surface area (Å²) < 4.78 is 0.